The van der Waals surface area contributed by atoms with Gasteiger partial charge >= 0.3 is 0 Å². The zero-order valence-corrected chi connectivity index (χ0v) is 14.7. The maximum absolute atomic E-state index is 4.47. The second kappa shape index (κ2) is 8.05. The highest BCUT2D eigenvalue weighted by Gasteiger charge is 2.21. The van der Waals surface area contributed by atoms with Gasteiger partial charge in [0.2, 0.25) is 0 Å². The second-order valence-corrected chi connectivity index (χ2v) is 6.76. The van der Waals surface area contributed by atoms with E-state index in [-0.39, 0.29) is 0 Å². The Kier molecular flexibility index (Phi) is 5.16. The molecule has 3 aromatic rings. The summed E-state index contributed by atoms with van der Waals surface area (Å²) in [6.07, 6.45) is 8.65. The third kappa shape index (κ3) is 4.43. The van der Waals surface area contributed by atoms with Gasteiger partial charge in [0.05, 0.1) is 0 Å². The fourth-order valence-electron chi connectivity index (χ4n) is 3.52. The van der Waals surface area contributed by atoms with Gasteiger partial charge in [-0.05, 0) is 49.9 Å². The lowest BCUT2D eigenvalue weighted by molar-refractivity contribution is 0.164. The van der Waals surface area contributed by atoms with Gasteiger partial charge in [0.15, 0.2) is 0 Å². The number of pyridine rings is 1. The Morgan fingerprint density at radius 3 is 2.96 bits per heavy atom. The number of hydrogen-bond donors (Lipinski definition) is 2. The number of nitrogens with one attached hydrogen (secondary N) is 2. The summed E-state index contributed by atoms with van der Waals surface area (Å²) in [7, 11) is 0. The topological polar surface area (TPSA) is 82.6 Å². The van der Waals surface area contributed by atoms with Crippen LogP contribution in [0, 0.1) is 5.92 Å². The molecular formula is C19H23N7. The van der Waals surface area contributed by atoms with Crippen molar-refractivity contribution in [1.29, 1.82) is 0 Å². The molecule has 3 aromatic heterocycles. The summed E-state index contributed by atoms with van der Waals surface area (Å²) in [5.41, 5.74) is 2.25. The molecule has 0 amide bonds. The molecule has 26 heavy (non-hydrogen) atoms. The van der Waals surface area contributed by atoms with Crippen LogP contribution in [-0.4, -0.2) is 43.1 Å². The van der Waals surface area contributed by atoms with Crippen molar-refractivity contribution in [2.24, 2.45) is 5.92 Å². The molecule has 7 nitrogen and oxygen atoms in total. The van der Waals surface area contributed by atoms with Crippen molar-refractivity contribution in [2.45, 2.75) is 25.8 Å². The van der Waals surface area contributed by atoms with E-state index in [2.05, 4.69) is 35.4 Å². The Labute approximate surface area is 152 Å². The van der Waals surface area contributed by atoms with Gasteiger partial charge < -0.3 is 5.32 Å². The Morgan fingerprint density at radius 1 is 1.12 bits per heavy atom. The first-order valence-corrected chi connectivity index (χ1v) is 9.05. The molecule has 0 unspecified atom stereocenters. The summed E-state index contributed by atoms with van der Waals surface area (Å²) < 4.78 is 0. The van der Waals surface area contributed by atoms with E-state index in [1.165, 1.54) is 18.5 Å². The second-order valence-electron chi connectivity index (χ2n) is 6.76. The van der Waals surface area contributed by atoms with E-state index < -0.39 is 0 Å². The van der Waals surface area contributed by atoms with Gasteiger partial charge in [-0.2, -0.15) is 5.10 Å². The third-order valence-electron chi connectivity index (χ3n) is 4.70. The number of aromatic nitrogens is 5. The minimum absolute atomic E-state index is 0.615. The minimum Gasteiger partial charge on any atom is -0.325 e. The van der Waals surface area contributed by atoms with Gasteiger partial charge in [0, 0.05) is 42.9 Å². The monoisotopic (exact) mass is 349 g/mol. The van der Waals surface area contributed by atoms with E-state index in [0.29, 0.717) is 5.92 Å². The van der Waals surface area contributed by atoms with Crippen LogP contribution in [0.2, 0.25) is 0 Å². The van der Waals surface area contributed by atoms with Crippen molar-refractivity contribution in [1.82, 2.24) is 30.0 Å². The number of H-pyrrole nitrogens is 1. The molecule has 1 atom stereocenters. The molecule has 2 N–H and O–H groups in total. The fourth-order valence-corrected chi connectivity index (χ4v) is 3.52. The molecule has 0 aromatic carbocycles. The van der Waals surface area contributed by atoms with Crippen molar-refractivity contribution >= 4 is 11.6 Å². The number of nitrogens with zero attached hydrogens (tertiary/aromatic N) is 5. The molecule has 7 heteroatoms. The summed E-state index contributed by atoms with van der Waals surface area (Å²) in [5, 5.41) is 10.3. The highest BCUT2D eigenvalue weighted by molar-refractivity contribution is 5.50. The zero-order chi connectivity index (χ0) is 17.6. The SMILES string of the molecule is c1ccc(Nc2cc(C[C@@H]3CCCN(Cc4ccn[nH]4)C3)ncn2)nc1. The first kappa shape index (κ1) is 16.7. The summed E-state index contributed by atoms with van der Waals surface area (Å²) in [6, 6.07) is 9.85. The van der Waals surface area contributed by atoms with Crippen molar-refractivity contribution < 1.29 is 0 Å². The highest BCUT2D eigenvalue weighted by atomic mass is 15.2. The summed E-state index contributed by atoms with van der Waals surface area (Å²) in [4.78, 5) is 15.6. The smallest absolute Gasteiger partial charge is 0.135 e. The molecule has 1 saturated heterocycles. The predicted octanol–water partition coefficient (Wildman–Crippen LogP) is 2.79. The van der Waals surface area contributed by atoms with Gasteiger partial charge in [0.1, 0.15) is 18.0 Å². The maximum atomic E-state index is 4.47. The number of rotatable bonds is 6. The third-order valence-corrected chi connectivity index (χ3v) is 4.70. The van der Waals surface area contributed by atoms with Gasteiger partial charge in [-0.1, -0.05) is 6.07 Å². The normalized spacial score (nSPS) is 17.9. The van der Waals surface area contributed by atoms with Crippen LogP contribution in [0.5, 0.6) is 0 Å². The number of anilines is 2. The van der Waals surface area contributed by atoms with Crippen LogP contribution >= 0.6 is 0 Å². The molecule has 4 rings (SSSR count). The minimum atomic E-state index is 0.615. The summed E-state index contributed by atoms with van der Waals surface area (Å²) >= 11 is 0. The standard InChI is InChI=1S/C19H23N7/c1-2-7-20-18(5-1)24-19-11-17(21-14-22-19)10-15-4-3-9-26(12-15)13-16-6-8-23-25-16/h1-2,5-8,11,14-15H,3-4,9-10,12-13H2,(H,23,25)(H,20,21,22,24)/t15-/m0/s1. The zero-order valence-electron chi connectivity index (χ0n) is 14.7. The van der Waals surface area contributed by atoms with E-state index >= 15 is 0 Å². The number of aromatic amines is 1. The van der Waals surface area contributed by atoms with Gasteiger partial charge in [-0.3, -0.25) is 10.00 Å². The van der Waals surface area contributed by atoms with Gasteiger partial charge in [0.25, 0.3) is 0 Å². The van der Waals surface area contributed by atoms with Gasteiger partial charge in [-0.25, -0.2) is 15.0 Å². The molecule has 1 aliphatic heterocycles. The Bertz CT molecular complexity index is 804. The molecule has 1 fully saturated rings. The van der Waals surface area contributed by atoms with Crippen LogP contribution in [0.4, 0.5) is 11.6 Å². The molecule has 0 radical (unpaired) electrons. The first-order valence-electron chi connectivity index (χ1n) is 9.05. The van der Waals surface area contributed by atoms with Crippen LogP contribution in [0.25, 0.3) is 0 Å². The van der Waals surface area contributed by atoms with Crippen molar-refractivity contribution in [3.63, 3.8) is 0 Å². The van der Waals surface area contributed by atoms with Crippen LogP contribution in [-0.2, 0) is 13.0 Å². The lowest BCUT2D eigenvalue weighted by Gasteiger charge is -2.32. The average molecular weight is 349 g/mol. The number of likely N-dealkylation sites (tertiary alicyclic amines) is 1. The number of piperidine rings is 1. The Hall–Kier alpha value is -2.80. The molecule has 1 aliphatic rings. The summed E-state index contributed by atoms with van der Waals surface area (Å²) in [5.74, 6) is 2.20. The molecule has 134 valence electrons. The number of hydrogen-bond acceptors (Lipinski definition) is 6. The maximum Gasteiger partial charge on any atom is 0.135 e. The van der Waals surface area contributed by atoms with Crippen LogP contribution in [0.1, 0.15) is 24.2 Å². The summed E-state index contributed by atoms with van der Waals surface area (Å²) in [6.45, 7) is 3.17. The first-order chi connectivity index (χ1) is 12.8. The Morgan fingerprint density at radius 2 is 2.12 bits per heavy atom. The largest absolute Gasteiger partial charge is 0.325 e. The van der Waals surface area contributed by atoms with Crippen molar-refractivity contribution in [2.75, 3.05) is 18.4 Å². The van der Waals surface area contributed by atoms with E-state index in [1.807, 2.05) is 36.5 Å². The highest BCUT2D eigenvalue weighted by Crippen LogP contribution is 2.22. The van der Waals surface area contributed by atoms with E-state index in [9.17, 15) is 0 Å². The van der Waals surface area contributed by atoms with Crippen molar-refractivity contribution in [3.05, 3.63) is 60.4 Å². The molecule has 4 heterocycles. The lowest BCUT2D eigenvalue weighted by atomic mass is 9.93. The fraction of sp³-hybridized carbons (Fsp3) is 0.368. The average Bonchev–Trinajstić information content (AvgIpc) is 3.16. The van der Waals surface area contributed by atoms with E-state index in [1.54, 1.807) is 12.5 Å². The van der Waals surface area contributed by atoms with Crippen molar-refractivity contribution in [3.8, 4) is 0 Å². The van der Waals surface area contributed by atoms with E-state index in [0.717, 1.165) is 43.4 Å². The molecule has 0 spiro atoms. The van der Waals surface area contributed by atoms with Crippen LogP contribution in [0.3, 0.4) is 0 Å². The molecule has 0 aliphatic carbocycles. The van der Waals surface area contributed by atoms with E-state index in [4.69, 9.17) is 0 Å². The predicted molar refractivity (Wildman–Crippen MR) is 99.8 cm³/mol. The molecular weight excluding hydrogens is 326 g/mol. The Balaban J connectivity index is 1.36. The lowest BCUT2D eigenvalue weighted by Crippen LogP contribution is -2.35. The van der Waals surface area contributed by atoms with Crippen LogP contribution in [0.15, 0.2) is 49.1 Å². The van der Waals surface area contributed by atoms with Crippen LogP contribution < -0.4 is 5.32 Å². The molecule has 0 saturated carbocycles. The molecule has 0 bridgehead atoms. The van der Waals surface area contributed by atoms with Gasteiger partial charge in [-0.15, -0.1) is 0 Å². The quantitative estimate of drug-likeness (QED) is 0.712.